The number of amides is 1. The van der Waals surface area contributed by atoms with E-state index in [1.165, 1.54) is 13.2 Å². The first kappa shape index (κ1) is 23.7. The largest absolute Gasteiger partial charge is 0.493 e. The Balaban J connectivity index is 1.83. The number of carbonyl (C=O) groups excluding carboxylic acids is 1. The molecule has 0 aliphatic rings. The number of carbonyl (C=O) groups is 1. The highest BCUT2D eigenvalue weighted by Gasteiger charge is 2.15. The second kappa shape index (κ2) is 11.1. The van der Waals surface area contributed by atoms with Gasteiger partial charge < -0.3 is 14.8 Å². The van der Waals surface area contributed by atoms with Crippen molar-refractivity contribution in [2.45, 2.75) is 6.61 Å². The molecular formula is C24H17BrCl2N2O3. The molecule has 0 aliphatic heterocycles. The molecule has 0 spiro atoms. The highest BCUT2D eigenvalue weighted by atomic mass is 79.9. The van der Waals surface area contributed by atoms with Gasteiger partial charge in [-0.3, -0.25) is 4.79 Å². The van der Waals surface area contributed by atoms with Crippen molar-refractivity contribution < 1.29 is 14.3 Å². The second-order valence-electron chi connectivity index (χ2n) is 6.55. The Hall–Kier alpha value is -2.98. The van der Waals surface area contributed by atoms with Crippen LogP contribution in [0.1, 0.15) is 11.1 Å². The maximum absolute atomic E-state index is 12.5. The van der Waals surface area contributed by atoms with Crippen LogP contribution in [0.15, 0.2) is 70.7 Å². The average molecular weight is 532 g/mol. The summed E-state index contributed by atoms with van der Waals surface area (Å²) < 4.78 is 12.0. The number of ether oxygens (including phenoxy) is 2. The molecule has 3 aromatic carbocycles. The molecule has 0 aromatic heterocycles. The van der Waals surface area contributed by atoms with Gasteiger partial charge in [-0.15, -0.1) is 0 Å². The highest BCUT2D eigenvalue weighted by Crippen LogP contribution is 2.38. The molecule has 0 unspecified atom stereocenters. The van der Waals surface area contributed by atoms with Crippen molar-refractivity contribution >= 4 is 56.8 Å². The molecule has 3 rings (SSSR count). The molecule has 0 radical (unpaired) electrons. The van der Waals surface area contributed by atoms with Crippen LogP contribution in [-0.4, -0.2) is 13.0 Å². The first-order chi connectivity index (χ1) is 15.4. The molecule has 0 bridgehead atoms. The summed E-state index contributed by atoms with van der Waals surface area (Å²) in [5, 5.41) is 13.2. The Morgan fingerprint density at radius 2 is 1.94 bits per heavy atom. The van der Waals surface area contributed by atoms with Gasteiger partial charge in [0.05, 0.1) is 11.6 Å². The van der Waals surface area contributed by atoms with E-state index < -0.39 is 5.91 Å². The van der Waals surface area contributed by atoms with Crippen LogP contribution in [0, 0.1) is 11.3 Å². The molecule has 0 aliphatic carbocycles. The fourth-order valence-electron chi connectivity index (χ4n) is 2.81. The fraction of sp³-hybridized carbons (Fsp3) is 0.0833. The zero-order valence-corrected chi connectivity index (χ0v) is 20.0. The fourth-order valence-corrected chi connectivity index (χ4v) is 3.76. The molecule has 8 heteroatoms. The number of rotatable bonds is 7. The highest BCUT2D eigenvalue weighted by molar-refractivity contribution is 9.10. The molecule has 0 saturated heterocycles. The molecule has 1 N–H and O–H groups in total. The lowest BCUT2D eigenvalue weighted by atomic mass is 10.1. The first-order valence-electron chi connectivity index (χ1n) is 9.33. The van der Waals surface area contributed by atoms with Crippen molar-refractivity contribution in [3.8, 4) is 17.6 Å². The Kier molecular flexibility index (Phi) is 8.18. The summed E-state index contributed by atoms with van der Waals surface area (Å²) in [6.45, 7) is 0.245. The van der Waals surface area contributed by atoms with Gasteiger partial charge in [0, 0.05) is 21.3 Å². The molecule has 0 fully saturated rings. The van der Waals surface area contributed by atoms with Crippen molar-refractivity contribution in [3.63, 3.8) is 0 Å². The monoisotopic (exact) mass is 530 g/mol. The Bertz CT molecular complexity index is 1220. The van der Waals surface area contributed by atoms with E-state index in [1.807, 2.05) is 24.3 Å². The van der Waals surface area contributed by atoms with Gasteiger partial charge in [-0.05, 0) is 64.0 Å². The number of nitriles is 1. The summed E-state index contributed by atoms with van der Waals surface area (Å²) in [7, 11) is 1.51. The minimum Gasteiger partial charge on any atom is -0.493 e. The minimum absolute atomic E-state index is 0.0799. The average Bonchev–Trinajstić information content (AvgIpc) is 2.77. The Labute approximate surface area is 204 Å². The van der Waals surface area contributed by atoms with E-state index in [0.29, 0.717) is 37.3 Å². The van der Waals surface area contributed by atoms with Crippen LogP contribution in [0.5, 0.6) is 11.5 Å². The number of halogens is 3. The number of benzene rings is 3. The molecule has 0 atom stereocenters. The van der Waals surface area contributed by atoms with Gasteiger partial charge in [0.1, 0.15) is 18.2 Å². The number of nitrogens with zero attached hydrogens (tertiary/aromatic N) is 1. The quantitative estimate of drug-likeness (QED) is 0.266. The predicted octanol–water partition coefficient (Wildman–Crippen LogP) is 6.89. The van der Waals surface area contributed by atoms with Crippen molar-refractivity contribution in [3.05, 3.63) is 91.9 Å². The number of nitrogens with one attached hydrogen (secondary N) is 1. The zero-order valence-electron chi connectivity index (χ0n) is 16.9. The molecule has 3 aromatic rings. The Morgan fingerprint density at radius 3 is 2.62 bits per heavy atom. The third-order valence-corrected chi connectivity index (χ3v) is 5.53. The lowest BCUT2D eigenvalue weighted by molar-refractivity contribution is -0.112. The number of anilines is 1. The van der Waals surface area contributed by atoms with E-state index in [2.05, 4.69) is 21.2 Å². The van der Waals surface area contributed by atoms with Crippen LogP contribution in [0.2, 0.25) is 10.0 Å². The molecular weight excluding hydrogens is 515 g/mol. The van der Waals surface area contributed by atoms with Crippen LogP contribution in [0.25, 0.3) is 6.08 Å². The van der Waals surface area contributed by atoms with Gasteiger partial charge in [0.2, 0.25) is 0 Å². The van der Waals surface area contributed by atoms with Gasteiger partial charge in [-0.2, -0.15) is 5.26 Å². The maximum atomic E-state index is 12.5. The van der Waals surface area contributed by atoms with Gasteiger partial charge in [0.25, 0.3) is 5.91 Å². The first-order valence-corrected chi connectivity index (χ1v) is 10.9. The summed E-state index contributed by atoms with van der Waals surface area (Å²) in [4.78, 5) is 12.5. The number of hydrogen-bond donors (Lipinski definition) is 1. The summed E-state index contributed by atoms with van der Waals surface area (Å²) in [6.07, 6.45) is 1.46. The van der Waals surface area contributed by atoms with E-state index in [0.717, 1.165) is 5.56 Å². The summed E-state index contributed by atoms with van der Waals surface area (Å²) in [6, 6.07) is 19.4. The summed E-state index contributed by atoms with van der Waals surface area (Å²) in [5.41, 5.74) is 1.82. The van der Waals surface area contributed by atoms with E-state index >= 15 is 0 Å². The van der Waals surface area contributed by atoms with E-state index in [9.17, 15) is 10.1 Å². The van der Waals surface area contributed by atoms with Crippen molar-refractivity contribution in [1.29, 1.82) is 5.26 Å². The maximum Gasteiger partial charge on any atom is 0.266 e. The van der Waals surface area contributed by atoms with Crippen LogP contribution in [0.4, 0.5) is 5.69 Å². The smallest absolute Gasteiger partial charge is 0.266 e. The van der Waals surface area contributed by atoms with Crippen LogP contribution in [-0.2, 0) is 11.4 Å². The lowest BCUT2D eigenvalue weighted by Gasteiger charge is -2.14. The second-order valence-corrected chi connectivity index (χ2v) is 8.25. The Morgan fingerprint density at radius 1 is 1.16 bits per heavy atom. The van der Waals surface area contributed by atoms with E-state index in [-0.39, 0.29) is 12.2 Å². The van der Waals surface area contributed by atoms with Crippen LogP contribution < -0.4 is 14.8 Å². The zero-order chi connectivity index (χ0) is 23.1. The molecule has 162 valence electrons. The summed E-state index contributed by atoms with van der Waals surface area (Å²) >= 11 is 15.6. The normalized spacial score (nSPS) is 10.9. The number of hydrogen-bond acceptors (Lipinski definition) is 4. The molecule has 0 saturated carbocycles. The number of methoxy groups -OCH3 is 1. The topological polar surface area (TPSA) is 71.3 Å². The molecule has 0 heterocycles. The van der Waals surface area contributed by atoms with Gasteiger partial charge in [-0.25, -0.2) is 0 Å². The van der Waals surface area contributed by atoms with Gasteiger partial charge in [-0.1, -0.05) is 47.5 Å². The van der Waals surface area contributed by atoms with Gasteiger partial charge >= 0.3 is 0 Å². The molecule has 32 heavy (non-hydrogen) atoms. The lowest BCUT2D eigenvalue weighted by Crippen LogP contribution is -2.13. The van der Waals surface area contributed by atoms with E-state index in [1.54, 1.807) is 42.5 Å². The summed E-state index contributed by atoms with van der Waals surface area (Å²) in [5.74, 6) is 0.362. The van der Waals surface area contributed by atoms with Gasteiger partial charge in [0.15, 0.2) is 11.5 Å². The third-order valence-electron chi connectivity index (χ3n) is 4.34. The van der Waals surface area contributed by atoms with Crippen molar-refractivity contribution in [2.75, 3.05) is 12.4 Å². The van der Waals surface area contributed by atoms with Crippen molar-refractivity contribution in [2.24, 2.45) is 0 Å². The molecule has 5 nitrogen and oxygen atoms in total. The van der Waals surface area contributed by atoms with Crippen LogP contribution in [0.3, 0.4) is 0 Å². The van der Waals surface area contributed by atoms with Crippen molar-refractivity contribution in [1.82, 2.24) is 0 Å². The van der Waals surface area contributed by atoms with Crippen LogP contribution >= 0.6 is 39.1 Å². The molecule has 1 amide bonds. The SMILES string of the molecule is COc1cc(/C=C(/C#N)C(=O)Nc2cccc(Cl)c2)cc(Br)c1OCc1ccccc1Cl. The standard InChI is InChI=1S/C24H17BrCl2N2O3/c1-31-22-11-15(9-17(13-28)24(30)29-19-7-4-6-18(26)12-19)10-20(25)23(22)32-14-16-5-2-3-8-21(16)27/h2-12H,14H2,1H3,(H,29,30)/b17-9-. The third kappa shape index (κ3) is 6.04. The predicted molar refractivity (Wildman–Crippen MR) is 130 cm³/mol. The minimum atomic E-state index is -0.552. The van der Waals surface area contributed by atoms with E-state index in [4.69, 9.17) is 32.7 Å².